The number of rotatable bonds is 6. The average Bonchev–Trinajstić information content (AvgIpc) is 3.45. The quantitative estimate of drug-likeness (QED) is 0.714. The summed E-state index contributed by atoms with van der Waals surface area (Å²) in [5, 5.41) is 3.32. The first kappa shape index (κ1) is 18.5. The van der Waals surface area contributed by atoms with Crippen molar-refractivity contribution in [3.05, 3.63) is 57.6 Å². The van der Waals surface area contributed by atoms with Gasteiger partial charge in [-0.3, -0.25) is 4.79 Å². The summed E-state index contributed by atoms with van der Waals surface area (Å²) in [6.45, 7) is 0.581. The first-order valence-corrected chi connectivity index (χ1v) is 8.85. The second-order valence-electron chi connectivity index (χ2n) is 6.05. The topological polar surface area (TPSA) is 64.6 Å². The third-order valence-corrected chi connectivity index (χ3v) is 4.55. The van der Waals surface area contributed by atoms with Crippen molar-refractivity contribution >= 4 is 40.8 Å². The van der Waals surface area contributed by atoms with Crippen LogP contribution in [-0.4, -0.2) is 25.6 Å². The van der Waals surface area contributed by atoms with Crippen LogP contribution in [0, 0.1) is 5.92 Å². The van der Waals surface area contributed by atoms with Crippen LogP contribution in [-0.2, 0) is 4.74 Å². The SMILES string of the molecule is COC(=O)c1ccc(NC(=O)c2cc(Cl)c(OCC3CC3)c(Cl)c2)cc1. The van der Waals surface area contributed by atoms with Gasteiger partial charge in [0.25, 0.3) is 5.91 Å². The molecule has 2 aromatic rings. The molecule has 1 saturated carbocycles. The van der Waals surface area contributed by atoms with Crippen molar-refractivity contribution in [1.29, 1.82) is 0 Å². The van der Waals surface area contributed by atoms with Crippen molar-refractivity contribution in [2.45, 2.75) is 12.8 Å². The van der Waals surface area contributed by atoms with Crippen LogP contribution in [0.3, 0.4) is 0 Å². The second kappa shape index (κ2) is 7.98. The van der Waals surface area contributed by atoms with Gasteiger partial charge in [-0.2, -0.15) is 0 Å². The number of methoxy groups -OCH3 is 1. The maximum atomic E-state index is 12.4. The van der Waals surface area contributed by atoms with Gasteiger partial charge in [-0.1, -0.05) is 23.2 Å². The number of hydrogen-bond donors (Lipinski definition) is 1. The molecule has 0 unspecified atom stereocenters. The molecule has 1 N–H and O–H groups in total. The van der Waals surface area contributed by atoms with Crippen molar-refractivity contribution in [2.24, 2.45) is 5.92 Å². The third kappa shape index (κ3) is 4.48. The molecule has 0 aromatic heterocycles. The summed E-state index contributed by atoms with van der Waals surface area (Å²) in [4.78, 5) is 23.8. The Balaban J connectivity index is 1.69. The summed E-state index contributed by atoms with van der Waals surface area (Å²) in [7, 11) is 1.31. The zero-order chi connectivity index (χ0) is 18.7. The standard InChI is InChI=1S/C19H17Cl2NO4/c1-25-19(24)12-4-6-14(7-5-12)22-18(23)13-8-15(20)17(16(21)9-13)26-10-11-2-3-11/h4-9,11H,2-3,10H2,1H3,(H,22,23). The molecule has 1 amide bonds. The molecule has 26 heavy (non-hydrogen) atoms. The van der Waals surface area contributed by atoms with Crippen molar-refractivity contribution < 1.29 is 19.1 Å². The van der Waals surface area contributed by atoms with E-state index >= 15 is 0 Å². The number of nitrogens with one attached hydrogen (secondary N) is 1. The second-order valence-corrected chi connectivity index (χ2v) is 6.86. The molecule has 0 saturated heterocycles. The molecule has 0 spiro atoms. The summed E-state index contributed by atoms with van der Waals surface area (Å²) >= 11 is 12.4. The number of hydrogen-bond acceptors (Lipinski definition) is 4. The lowest BCUT2D eigenvalue weighted by molar-refractivity contribution is 0.0600. The van der Waals surface area contributed by atoms with E-state index in [0.29, 0.717) is 45.1 Å². The minimum absolute atomic E-state index is 0.296. The molecule has 0 atom stereocenters. The summed E-state index contributed by atoms with van der Waals surface area (Å²) in [6.07, 6.45) is 2.31. The fourth-order valence-electron chi connectivity index (χ4n) is 2.33. The number of carbonyl (C=O) groups is 2. The lowest BCUT2D eigenvalue weighted by atomic mass is 10.1. The van der Waals surface area contributed by atoms with Gasteiger partial charge < -0.3 is 14.8 Å². The van der Waals surface area contributed by atoms with Crippen LogP contribution in [0.25, 0.3) is 0 Å². The predicted molar refractivity (Wildman–Crippen MR) is 100 cm³/mol. The number of halogens is 2. The number of benzene rings is 2. The smallest absolute Gasteiger partial charge is 0.337 e. The summed E-state index contributed by atoms with van der Waals surface area (Å²) in [6, 6.07) is 9.40. The molecule has 1 aliphatic rings. The largest absolute Gasteiger partial charge is 0.490 e. The van der Waals surface area contributed by atoms with E-state index in [1.54, 1.807) is 24.3 Å². The highest BCUT2D eigenvalue weighted by Gasteiger charge is 2.23. The van der Waals surface area contributed by atoms with E-state index in [1.807, 2.05) is 0 Å². The Morgan fingerprint density at radius 1 is 1.08 bits per heavy atom. The molecule has 136 valence electrons. The fraction of sp³-hybridized carbons (Fsp3) is 0.263. The van der Waals surface area contributed by atoms with Gasteiger partial charge in [0.1, 0.15) is 0 Å². The van der Waals surface area contributed by atoms with Crippen molar-refractivity contribution in [3.63, 3.8) is 0 Å². The fourth-order valence-corrected chi connectivity index (χ4v) is 2.92. The van der Waals surface area contributed by atoms with Crippen LogP contribution in [0.15, 0.2) is 36.4 Å². The van der Waals surface area contributed by atoms with E-state index in [0.717, 1.165) is 12.8 Å². The van der Waals surface area contributed by atoms with Crippen LogP contribution in [0.4, 0.5) is 5.69 Å². The van der Waals surface area contributed by atoms with E-state index in [4.69, 9.17) is 27.9 Å². The average molecular weight is 394 g/mol. The molecular formula is C19H17Cl2NO4. The van der Waals surface area contributed by atoms with Gasteiger partial charge in [-0.15, -0.1) is 0 Å². The number of carbonyl (C=O) groups excluding carboxylic acids is 2. The summed E-state index contributed by atoms with van der Waals surface area (Å²) < 4.78 is 10.3. The lowest BCUT2D eigenvalue weighted by Gasteiger charge is -2.12. The highest BCUT2D eigenvalue weighted by molar-refractivity contribution is 6.37. The van der Waals surface area contributed by atoms with Crippen LogP contribution in [0.2, 0.25) is 10.0 Å². The molecular weight excluding hydrogens is 377 g/mol. The number of amides is 1. The minimum atomic E-state index is -0.441. The van der Waals surface area contributed by atoms with Gasteiger partial charge in [-0.25, -0.2) is 4.79 Å². The molecule has 3 rings (SSSR count). The maximum Gasteiger partial charge on any atom is 0.337 e. The molecule has 1 fully saturated rings. The monoisotopic (exact) mass is 393 g/mol. The zero-order valence-electron chi connectivity index (χ0n) is 14.1. The van der Waals surface area contributed by atoms with Crippen LogP contribution in [0.1, 0.15) is 33.6 Å². The Labute approximate surface area is 161 Å². The molecule has 5 nitrogen and oxygen atoms in total. The molecule has 0 bridgehead atoms. The zero-order valence-corrected chi connectivity index (χ0v) is 15.6. The Kier molecular flexibility index (Phi) is 5.69. The van der Waals surface area contributed by atoms with Gasteiger partial charge in [0, 0.05) is 11.3 Å². The van der Waals surface area contributed by atoms with Gasteiger partial charge in [0.15, 0.2) is 5.75 Å². The Bertz CT molecular complexity index is 809. The van der Waals surface area contributed by atoms with Gasteiger partial charge >= 0.3 is 5.97 Å². The van der Waals surface area contributed by atoms with Crippen molar-refractivity contribution in [2.75, 3.05) is 19.0 Å². The Hall–Kier alpha value is -2.24. The van der Waals surface area contributed by atoms with E-state index in [9.17, 15) is 9.59 Å². The van der Waals surface area contributed by atoms with Gasteiger partial charge in [0.05, 0.1) is 29.3 Å². The lowest BCUT2D eigenvalue weighted by Crippen LogP contribution is -2.12. The summed E-state index contributed by atoms with van der Waals surface area (Å²) in [5.41, 5.74) is 1.24. The van der Waals surface area contributed by atoms with Gasteiger partial charge in [-0.05, 0) is 55.2 Å². The molecule has 0 heterocycles. The highest BCUT2D eigenvalue weighted by Crippen LogP contribution is 2.37. The first-order valence-electron chi connectivity index (χ1n) is 8.09. The number of esters is 1. The number of ether oxygens (including phenoxy) is 2. The van der Waals surface area contributed by atoms with Crippen molar-refractivity contribution in [3.8, 4) is 5.75 Å². The van der Waals surface area contributed by atoms with Crippen LogP contribution >= 0.6 is 23.2 Å². The highest BCUT2D eigenvalue weighted by atomic mass is 35.5. The van der Waals surface area contributed by atoms with Crippen LogP contribution in [0.5, 0.6) is 5.75 Å². The Morgan fingerprint density at radius 3 is 2.23 bits per heavy atom. The van der Waals surface area contributed by atoms with Crippen LogP contribution < -0.4 is 10.1 Å². The number of anilines is 1. The Morgan fingerprint density at radius 2 is 1.69 bits per heavy atom. The van der Waals surface area contributed by atoms with E-state index in [2.05, 4.69) is 10.1 Å². The molecule has 0 aliphatic heterocycles. The molecule has 2 aromatic carbocycles. The van der Waals surface area contributed by atoms with Crippen molar-refractivity contribution in [1.82, 2.24) is 0 Å². The predicted octanol–water partition coefficient (Wildman–Crippen LogP) is 4.82. The first-order chi connectivity index (χ1) is 12.5. The molecule has 1 aliphatic carbocycles. The normalized spacial score (nSPS) is 13.2. The van der Waals surface area contributed by atoms with E-state index in [1.165, 1.54) is 19.2 Å². The van der Waals surface area contributed by atoms with E-state index in [-0.39, 0.29) is 5.91 Å². The molecule has 7 heteroatoms. The minimum Gasteiger partial charge on any atom is -0.490 e. The van der Waals surface area contributed by atoms with E-state index < -0.39 is 5.97 Å². The summed E-state index contributed by atoms with van der Waals surface area (Å²) in [5.74, 6) is 0.161. The molecule has 0 radical (unpaired) electrons. The third-order valence-electron chi connectivity index (χ3n) is 3.98. The maximum absolute atomic E-state index is 12.4. The van der Waals surface area contributed by atoms with Gasteiger partial charge in [0.2, 0.25) is 0 Å².